The van der Waals surface area contributed by atoms with Crippen LogP contribution in [0.5, 0.6) is 5.75 Å². The van der Waals surface area contributed by atoms with Crippen LogP contribution in [0.1, 0.15) is 21.5 Å². The maximum atomic E-state index is 12.2. The van der Waals surface area contributed by atoms with E-state index in [2.05, 4.69) is 5.32 Å². The zero-order valence-electron chi connectivity index (χ0n) is 14.5. The lowest BCUT2D eigenvalue weighted by molar-refractivity contribution is -0.132. The van der Waals surface area contributed by atoms with Crippen molar-refractivity contribution < 1.29 is 14.3 Å². The molecule has 6 heteroatoms. The molecule has 2 aromatic carbocycles. The highest BCUT2D eigenvalue weighted by molar-refractivity contribution is 6.30. The predicted octanol–water partition coefficient (Wildman–Crippen LogP) is 3.05. The first kappa shape index (κ1) is 18.8. The van der Waals surface area contributed by atoms with Gasteiger partial charge in [-0.25, -0.2) is 0 Å². The number of likely N-dealkylation sites (N-methyl/N-ethyl adjacent to an activating group) is 1. The molecule has 0 saturated heterocycles. The third kappa shape index (κ3) is 5.22. The van der Waals surface area contributed by atoms with Crippen LogP contribution >= 0.6 is 11.6 Å². The van der Waals surface area contributed by atoms with Gasteiger partial charge in [0.05, 0.1) is 0 Å². The van der Waals surface area contributed by atoms with Crippen molar-refractivity contribution in [3.05, 3.63) is 64.2 Å². The topological polar surface area (TPSA) is 58.6 Å². The normalized spacial score (nSPS) is 10.2. The summed E-state index contributed by atoms with van der Waals surface area (Å²) in [6.45, 7) is 2.27. The number of nitrogens with one attached hydrogen (secondary N) is 1. The van der Waals surface area contributed by atoms with Crippen molar-refractivity contribution in [2.75, 3.05) is 20.7 Å². The van der Waals surface area contributed by atoms with E-state index in [0.717, 1.165) is 11.1 Å². The van der Waals surface area contributed by atoms with E-state index in [9.17, 15) is 9.59 Å². The minimum absolute atomic E-state index is 0.0463. The van der Waals surface area contributed by atoms with Crippen molar-refractivity contribution in [1.82, 2.24) is 10.2 Å². The van der Waals surface area contributed by atoms with E-state index in [0.29, 0.717) is 22.9 Å². The minimum Gasteiger partial charge on any atom is -0.483 e. The van der Waals surface area contributed by atoms with Gasteiger partial charge < -0.3 is 15.0 Å². The molecule has 2 rings (SSSR count). The Labute approximate surface area is 152 Å². The fourth-order valence-corrected chi connectivity index (χ4v) is 2.52. The number of ether oxygens (including phenoxy) is 1. The van der Waals surface area contributed by atoms with Gasteiger partial charge in [0.15, 0.2) is 6.61 Å². The molecule has 0 aliphatic heterocycles. The molecule has 0 fully saturated rings. The molecule has 0 saturated carbocycles. The van der Waals surface area contributed by atoms with E-state index in [4.69, 9.17) is 16.3 Å². The summed E-state index contributed by atoms with van der Waals surface area (Å²) in [5, 5.41) is 3.20. The first-order chi connectivity index (χ1) is 11.9. The van der Waals surface area contributed by atoms with Gasteiger partial charge in [-0.2, -0.15) is 0 Å². The van der Waals surface area contributed by atoms with Crippen LogP contribution in [0.25, 0.3) is 0 Å². The summed E-state index contributed by atoms with van der Waals surface area (Å²) in [5.41, 5.74) is 2.40. The number of carbonyl (C=O) groups excluding carboxylic acids is 2. The van der Waals surface area contributed by atoms with E-state index < -0.39 is 0 Å². The van der Waals surface area contributed by atoms with Gasteiger partial charge in [-0.15, -0.1) is 0 Å². The summed E-state index contributed by atoms with van der Waals surface area (Å²) in [5.74, 6) is 0.369. The average Bonchev–Trinajstić information content (AvgIpc) is 2.60. The molecule has 25 heavy (non-hydrogen) atoms. The first-order valence-electron chi connectivity index (χ1n) is 7.84. The maximum absolute atomic E-state index is 12.2. The molecule has 0 aromatic heterocycles. The first-order valence-corrected chi connectivity index (χ1v) is 8.22. The van der Waals surface area contributed by atoms with Gasteiger partial charge in [-0.05, 0) is 48.4 Å². The van der Waals surface area contributed by atoms with E-state index >= 15 is 0 Å². The molecule has 0 radical (unpaired) electrons. The molecule has 0 heterocycles. The zero-order valence-corrected chi connectivity index (χ0v) is 15.3. The van der Waals surface area contributed by atoms with Crippen LogP contribution in [0, 0.1) is 6.92 Å². The summed E-state index contributed by atoms with van der Waals surface area (Å²) in [7, 11) is 3.30. The lowest BCUT2D eigenvalue weighted by Gasteiger charge is -2.18. The number of carbonyl (C=O) groups is 2. The third-order valence-corrected chi connectivity index (χ3v) is 4.01. The SMILES string of the molecule is CNC(=O)c1ccc(CN(C)C(=O)COc2ccc(Cl)cc2C)cc1. The lowest BCUT2D eigenvalue weighted by Crippen LogP contribution is -2.31. The van der Waals surface area contributed by atoms with Crippen LogP contribution in [0.2, 0.25) is 5.02 Å². The number of halogens is 1. The molecule has 132 valence electrons. The Bertz CT molecular complexity index is 760. The Morgan fingerprint density at radius 2 is 1.84 bits per heavy atom. The predicted molar refractivity (Wildman–Crippen MR) is 98.0 cm³/mol. The van der Waals surface area contributed by atoms with E-state index in [-0.39, 0.29) is 18.4 Å². The smallest absolute Gasteiger partial charge is 0.260 e. The zero-order chi connectivity index (χ0) is 18.4. The third-order valence-electron chi connectivity index (χ3n) is 3.78. The van der Waals surface area contributed by atoms with Gasteiger partial charge in [-0.1, -0.05) is 23.7 Å². The van der Waals surface area contributed by atoms with Gasteiger partial charge in [0, 0.05) is 31.2 Å². The van der Waals surface area contributed by atoms with Gasteiger partial charge in [-0.3, -0.25) is 9.59 Å². The van der Waals surface area contributed by atoms with Crippen LogP contribution in [0.3, 0.4) is 0 Å². The van der Waals surface area contributed by atoms with Crippen molar-refractivity contribution in [2.45, 2.75) is 13.5 Å². The number of amides is 2. The highest BCUT2D eigenvalue weighted by atomic mass is 35.5. The van der Waals surface area contributed by atoms with Gasteiger partial charge in [0.25, 0.3) is 11.8 Å². The Balaban J connectivity index is 1.90. The van der Waals surface area contributed by atoms with E-state index in [1.54, 1.807) is 49.3 Å². The molecular weight excluding hydrogens is 340 g/mol. The summed E-state index contributed by atoms with van der Waals surface area (Å²) in [4.78, 5) is 25.3. The second-order valence-corrected chi connectivity index (χ2v) is 6.16. The van der Waals surface area contributed by atoms with Crippen molar-refractivity contribution in [3.63, 3.8) is 0 Å². The minimum atomic E-state index is -0.136. The molecule has 0 atom stereocenters. The van der Waals surface area contributed by atoms with Crippen LogP contribution in [-0.2, 0) is 11.3 Å². The Morgan fingerprint density at radius 3 is 2.44 bits per heavy atom. The van der Waals surface area contributed by atoms with Crippen molar-refractivity contribution in [1.29, 1.82) is 0 Å². The Hall–Kier alpha value is -2.53. The molecular formula is C19H21ClN2O3. The highest BCUT2D eigenvalue weighted by Crippen LogP contribution is 2.21. The molecule has 0 unspecified atom stereocenters. The maximum Gasteiger partial charge on any atom is 0.260 e. The van der Waals surface area contributed by atoms with E-state index in [1.807, 2.05) is 19.1 Å². The van der Waals surface area contributed by atoms with Crippen LogP contribution < -0.4 is 10.1 Å². The number of rotatable bonds is 6. The molecule has 0 aliphatic carbocycles. The molecule has 0 bridgehead atoms. The monoisotopic (exact) mass is 360 g/mol. The number of benzene rings is 2. The second-order valence-electron chi connectivity index (χ2n) is 5.72. The largest absolute Gasteiger partial charge is 0.483 e. The Morgan fingerprint density at radius 1 is 1.16 bits per heavy atom. The number of hydrogen-bond donors (Lipinski definition) is 1. The van der Waals surface area contributed by atoms with Crippen LogP contribution in [0.15, 0.2) is 42.5 Å². The quantitative estimate of drug-likeness (QED) is 0.861. The average molecular weight is 361 g/mol. The summed E-state index contributed by atoms with van der Waals surface area (Å²) < 4.78 is 5.57. The Kier molecular flexibility index (Phi) is 6.42. The van der Waals surface area contributed by atoms with E-state index in [1.165, 1.54) is 0 Å². The molecule has 2 aromatic rings. The van der Waals surface area contributed by atoms with Crippen LogP contribution in [-0.4, -0.2) is 37.4 Å². The van der Waals surface area contributed by atoms with Gasteiger partial charge in [0.2, 0.25) is 0 Å². The number of nitrogens with zero attached hydrogens (tertiary/aromatic N) is 1. The second kappa shape index (κ2) is 8.53. The molecule has 0 spiro atoms. The standard InChI is InChI=1S/C19H21ClN2O3/c1-13-10-16(20)8-9-17(13)25-12-18(23)22(3)11-14-4-6-15(7-5-14)19(24)21-2/h4-10H,11-12H2,1-3H3,(H,21,24). The van der Waals surface area contributed by atoms with Crippen molar-refractivity contribution in [3.8, 4) is 5.75 Å². The van der Waals surface area contributed by atoms with Crippen molar-refractivity contribution in [2.24, 2.45) is 0 Å². The fourth-order valence-electron chi connectivity index (χ4n) is 2.29. The fraction of sp³-hybridized carbons (Fsp3) is 0.263. The van der Waals surface area contributed by atoms with Crippen LogP contribution in [0.4, 0.5) is 0 Å². The molecule has 1 N–H and O–H groups in total. The lowest BCUT2D eigenvalue weighted by atomic mass is 10.1. The number of hydrogen-bond acceptors (Lipinski definition) is 3. The number of aryl methyl sites for hydroxylation is 1. The molecule has 5 nitrogen and oxygen atoms in total. The molecule has 0 aliphatic rings. The summed E-state index contributed by atoms with van der Waals surface area (Å²) in [6.07, 6.45) is 0. The summed E-state index contributed by atoms with van der Waals surface area (Å²) in [6, 6.07) is 12.4. The summed E-state index contributed by atoms with van der Waals surface area (Å²) >= 11 is 5.90. The van der Waals surface area contributed by atoms with Gasteiger partial charge in [0.1, 0.15) is 5.75 Å². The van der Waals surface area contributed by atoms with Crippen molar-refractivity contribution >= 4 is 23.4 Å². The molecule has 2 amide bonds. The van der Waals surface area contributed by atoms with Gasteiger partial charge >= 0.3 is 0 Å². The highest BCUT2D eigenvalue weighted by Gasteiger charge is 2.12.